The summed E-state index contributed by atoms with van der Waals surface area (Å²) < 4.78 is 18.6. The summed E-state index contributed by atoms with van der Waals surface area (Å²) in [6.07, 6.45) is 0.835. The molecule has 0 bridgehead atoms. The maximum atomic E-state index is 13.8. The first-order valence-electron chi connectivity index (χ1n) is 6.26. The average Bonchev–Trinajstić information content (AvgIpc) is 2.37. The van der Waals surface area contributed by atoms with Crippen LogP contribution in [0.25, 0.3) is 0 Å². The molecule has 1 amide bonds. The molecule has 2 unspecified atom stereocenters. The number of primary amides is 1. The maximum Gasteiger partial charge on any atom is 0.242 e. The summed E-state index contributed by atoms with van der Waals surface area (Å²) in [5.74, 6) is -0.921. The van der Waals surface area contributed by atoms with Crippen LogP contribution in [-0.4, -0.2) is 19.1 Å². The van der Waals surface area contributed by atoms with Gasteiger partial charge in [-0.3, -0.25) is 10.1 Å². The van der Waals surface area contributed by atoms with E-state index in [9.17, 15) is 9.18 Å². The summed E-state index contributed by atoms with van der Waals surface area (Å²) in [6.45, 7) is 5.59. The number of halogens is 1. The second-order valence-corrected chi connectivity index (χ2v) is 4.79. The Morgan fingerprint density at radius 2 is 2.21 bits per heavy atom. The Hall–Kier alpha value is -1.62. The number of methoxy groups -OCH3 is 1. The van der Waals surface area contributed by atoms with E-state index < -0.39 is 17.3 Å². The summed E-state index contributed by atoms with van der Waals surface area (Å²) >= 11 is 0. The Kier molecular flexibility index (Phi) is 4.89. The van der Waals surface area contributed by atoms with Crippen LogP contribution in [0.4, 0.5) is 4.39 Å². The molecule has 1 aromatic carbocycles. The van der Waals surface area contributed by atoms with Gasteiger partial charge in [0.15, 0.2) is 11.6 Å². The molecule has 4 nitrogen and oxygen atoms in total. The van der Waals surface area contributed by atoms with Gasteiger partial charge < -0.3 is 10.5 Å². The van der Waals surface area contributed by atoms with E-state index in [1.165, 1.54) is 19.2 Å². The normalized spacial score (nSPS) is 15.6. The molecule has 0 aliphatic heterocycles. The number of nitrogens with one attached hydrogen (secondary N) is 1. The first kappa shape index (κ1) is 15.4. The van der Waals surface area contributed by atoms with E-state index in [4.69, 9.17) is 10.5 Å². The van der Waals surface area contributed by atoms with Crippen LogP contribution >= 0.6 is 0 Å². The number of benzene rings is 1. The van der Waals surface area contributed by atoms with Crippen molar-refractivity contribution in [1.82, 2.24) is 5.32 Å². The second kappa shape index (κ2) is 6.02. The molecule has 1 rings (SSSR count). The molecule has 0 saturated heterocycles. The number of hydrogen-bond acceptors (Lipinski definition) is 3. The zero-order valence-electron chi connectivity index (χ0n) is 11.8. The van der Waals surface area contributed by atoms with Gasteiger partial charge in [0.1, 0.15) is 5.54 Å². The van der Waals surface area contributed by atoms with Gasteiger partial charge in [-0.05, 0) is 38.0 Å². The van der Waals surface area contributed by atoms with E-state index in [0.29, 0.717) is 5.56 Å². The van der Waals surface area contributed by atoms with Crippen molar-refractivity contribution in [3.63, 3.8) is 0 Å². The number of carbonyl (C=O) groups is 1. The molecule has 19 heavy (non-hydrogen) atoms. The predicted molar refractivity (Wildman–Crippen MR) is 72.4 cm³/mol. The third-order valence-corrected chi connectivity index (χ3v) is 3.37. The molecule has 5 heteroatoms. The monoisotopic (exact) mass is 268 g/mol. The third-order valence-electron chi connectivity index (χ3n) is 3.37. The van der Waals surface area contributed by atoms with Crippen LogP contribution in [0, 0.1) is 5.82 Å². The fourth-order valence-electron chi connectivity index (χ4n) is 1.87. The van der Waals surface area contributed by atoms with E-state index >= 15 is 0 Å². The summed E-state index contributed by atoms with van der Waals surface area (Å²) in [5, 5.41) is 3.14. The molecule has 0 aliphatic rings. The van der Waals surface area contributed by atoms with Crippen molar-refractivity contribution in [3.8, 4) is 5.75 Å². The van der Waals surface area contributed by atoms with Crippen LogP contribution in [0.3, 0.4) is 0 Å². The lowest BCUT2D eigenvalue weighted by Crippen LogP contribution is -2.53. The molecule has 0 heterocycles. The van der Waals surface area contributed by atoms with Gasteiger partial charge in [-0.2, -0.15) is 0 Å². The highest BCUT2D eigenvalue weighted by molar-refractivity contribution is 5.85. The van der Waals surface area contributed by atoms with Crippen LogP contribution in [0.1, 0.15) is 32.8 Å². The SMILES string of the molecule is CCC(C)NC(C)(C(N)=O)c1ccc(OC)c(F)c1. The first-order chi connectivity index (χ1) is 8.85. The highest BCUT2D eigenvalue weighted by Crippen LogP contribution is 2.26. The van der Waals surface area contributed by atoms with Gasteiger partial charge in [0.05, 0.1) is 7.11 Å². The number of carbonyl (C=O) groups excluding carboxylic acids is 1. The van der Waals surface area contributed by atoms with Gasteiger partial charge >= 0.3 is 0 Å². The molecule has 0 saturated carbocycles. The van der Waals surface area contributed by atoms with Crippen LogP contribution in [0.5, 0.6) is 5.75 Å². The topological polar surface area (TPSA) is 64.3 Å². The molecule has 0 spiro atoms. The van der Waals surface area contributed by atoms with Crippen LogP contribution in [-0.2, 0) is 10.3 Å². The van der Waals surface area contributed by atoms with Gasteiger partial charge in [0.2, 0.25) is 5.91 Å². The zero-order valence-corrected chi connectivity index (χ0v) is 11.8. The lowest BCUT2D eigenvalue weighted by atomic mass is 9.90. The minimum atomic E-state index is -1.11. The first-order valence-corrected chi connectivity index (χ1v) is 6.26. The van der Waals surface area contributed by atoms with Crippen molar-refractivity contribution in [2.24, 2.45) is 5.73 Å². The summed E-state index contributed by atoms with van der Waals surface area (Å²) in [7, 11) is 1.39. The Morgan fingerprint density at radius 3 is 2.63 bits per heavy atom. The minimum absolute atomic E-state index is 0.0858. The molecule has 0 aliphatic carbocycles. The van der Waals surface area contributed by atoms with Crippen molar-refractivity contribution in [2.75, 3.05) is 7.11 Å². The molecule has 2 atom stereocenters. The second-order valence-electron chi connectivity index (χ2n) is 4.79. The van der Waals surface area contributed by atoms with Crippen molar-refractivity contribution in [1.29, 1.82) is 0 Å². The molecule has 0 radical (unpaired) electrons. The van der Waals surface area contributed by atoms with E-state index in [2.05, 4.69) is 5.32 Å². The number of hydrogen-bond donors (Lipinski definition) is 2. The fraction of sp³-hybridized carbons (Fsp3) is 0.500. The van der Waals surface area contributed by atoms with Crippen LogP contribution < -0.4 is 15.8 Å². The van der Waals surface area contributed by atoms with Gasteiger partial charge in [-0.1, -0.05) is 13.0 Å². The van der Waals surface area contributed by atoms with Gasteiger partial charge in [0, 0.05) is 6.04 Å². The van der Waals surface area contributed by atoms with Gasteiger partial charge in [-0.25, -0.2) is 4.39 Å². The Labute approximate surface area is 113 Å². The predicted octanol–water partition coefficient (Wildman–Crippen LogP) is 1.92. The number of nitrogens with two attached hydrogens (primary N) is 1. The Morgan fingerprint density at radius 1 is 1.58 bits per heavy atom. The van der Waals surface area contributed by atoms with E-state index in [0.717, 1.165) is 6.42 Å². The smallest absolute Gasteiger partial charge is 0.242 e. The minimum Gasteiger partial charge on any atom is -0.494 e. The number of rotatable bonds is 6. The lowest BCUT2D eigenvalue weighted by molar-refractivity contribution is -0.124. The van der Waals surface area contributed by atoms with Gasteiger partial charge in [-0.15, -0.1) is 0 Å². The summed E-state index contributed by atoms with van der Waals surface area (Å²) in [5.41, 5.74) is 4.85. The number of amides is 1. The van der Waals surface area contributed by atoms with Crippen molar-refractivity contribution >= 4 is 5.91 Å². The average molecular weight is 268 g/mol. The Bertz CT molecular complexity index is 465. The highest BCUT2D eigenvalue weighted by Gasteiger charge is 2.34. The largest absolute Gasteiger partial charge is 0.494 e. The van der Waals surface area contributed by atoms with Crippen LogP contribution in [0.2, 0.25) is 0 Å². The quantitative estimate of drug-likeness (QED) is 0.828. The van der Waals surface area contributed by atoms with Gasteiger partial charge in [0.25, 0.3) is 0 Å². The summed E-state index contributed by atoms with van der Waals surface area (Å²) in [4.78, 5) is 11.7. The fourth-order valence-corrected chi connectivity index (χ4v) is 1.87. The highest BCUT2D eigenvalue weighted by atomic mass is 19.1. The molecule has 106 valence electrons. The van der Waals surface area contributed by atoms with Crippen LogP contribution in [0.15, 0.2) is 18.2 Å². The molecule has 1 aromatic rings. The number of ether oxygens (including phenoxy) is 1. The third kappa shape index (κ3) is 3.23. The molecular weight excluding hydrogens is 247 g/mol. The van der Waals surface area contributed by atoms with Crippen molar-refractivity contribution in [3.05, 3.63) is 29.6 Å². The summed E-state index contributed by atoms with van der Waals surface area (Å²) in [6, 6.07) is 4.49. The van der Waals surface area contributed by atoms with E-state index in [1.807, 2.05) is 13.8 Å². The zero-order chi connectivity index (χ0) is 14.6. The standard InChI is InChI=1S/C14H21FN2O2/c1-5-9(2)17-14(3,13(16)18)10-6-7-12(19-4)11(15)8-10/h6-9,17H,5H2,1-4H3,(H2,16,18). The van der Waals surface area contributed by atoms with E-state index in [1.54, 1.807) is 13.0 Å². The lowest BCUT2D eigenvalue weighted by Gasteiger charge is -2.31. The molecule has 0 fully saturated rings. The van der Waals surface area contributed by atoms with Crippen molar-refractivity contribution < 1.29 is 13.9 Å². The maximum absolute atomic E-state index is 13.8. The van der Waals surface area contributed by atoms with E-state index in [-0.39, 0.29) is 11.8 Å². The van der Waals surface area contributed by atoms with Crippen molar-refractivity contribution in [2.45, 2.75) is 38.8 Å². The Balaban J connectivity index is 3.19. The molecular formula is C14H21FN2O2. The molecule has 3 N–H and O–H groups in total. The molecule has 0 aromatic heterocycles.